The minimum atomic E-state index is -3.01. The molecular formula is C31H39N2O6Si+. The van der Waals surface area contributed by atoms with Gasteiger partial charge in [-0.2, -0.15) is 0 Å². The van der Waals surface area contributed by atoms with Crippen molar-refractivity contribution in [2.24, 2.45) is 5.41 Å². The lowest BCUT2D eigenvalue weighted by Gasteiger charge is -2.46. The Morgan fingerprint density at radius 2 is 1.48 bits per heavy atom. The molecule has 0 aromatic heterocycles. The normalized spacial score (nSPS) is 15.6. The van der Waals surface area contributed by atoms with E-state index in [0.29, 0.717) is 17.9 Å². The van der Waals surface area contributed by atoms with Crippen LogP contribution in [0.15, 0.2) is 95.8 Å². The fourth-order valence-electron chi connectivity index (χ4n) is 5.49. The summed E-state index contributed by atoms with van der Waals surface area (Å²) in [7, 11) is 0.0804. The Morgan fingerprint density at radius 3 is 1.88 bits per heavy atom. The average Bonchev–Trinajstić information content (AvgIpc) is 2.94. The van der Waals surface area contributed by atoms with Crippen LogP contribution in [-0.4, -0.2) is 46.8 Å². The van der Waals surface area contributed by atoms with Crippen molar-refractivity contribution in [1.29, 1.82) is 5.39 Å². The average molecular weight is 564 g/mol. The van der Waals surface area contributed by atoms with Crippen LogP contribution in [0, 0.1) is 10.8 Å². The van der Waals surface area contributed by atoms with E-state index in [1.807, 2.05) is 48.6 Å². The molecule has 0 unspecified atom stereocenters. The van der Waals surface area contributed by atoms with Crippen molar-refractivity contribution in [2.75, 3.05) is 27.4 Å². The standard InChI is InChI=1S/C31H38N2O6Si/c1-7-38-29(35)28(33-32)25(34)21-31(26(36-5)19-14-20-27(31)37-6)22-39-40(30(2,3)4,23-15-10-8-11-16-23)24-17-12-9-13-18-24/h8-13,15-20H,7,14,21-22H2,1-6H3/p+1. The van der Waals surface area contributed by atoms with Crippen molar-refractivity contribution in [3.8, 4) is 0 Å². The van der Waals surface area contributed by atoms with Gasteiger partial charge in [-0.25, -0.2) is 4.79 Å². The molecule has 2 aromatic rings. The number of aliphatic hydroxyl groups is 1. The molecule has 0 amide bonds. The van der Waals surface area contributed by atoms with Crippen molar-refractivity contribution in [3.05, 3.63) is 101 Å². The van der Waals surface area contributed by atoms with Crippen molar-refractivity contribution in [2.45, 2.75) is 45.6 Å². The highest BCUT2D eigenvalue weighted by atomic mass is 28.4. The molecule has 0 heterocycles. The molecular weight excluding hydrogens is 524 g/mol. The van der Waals surface area contributed by atoms with Gasteiger partial charge in [-0.3, -0.25) is 0 Å². The lowest BCUT2D eigenvalue weighted by atomic mass is 9.76. The summed E-state index contributed by atoms with van der Waals surface area (Å²) in [5, 5.41) is 22.7. The minimum Gasteiger partial charge on any atom is -0.505 e. The molecule has 1 N–H and O–H groups in total. The van der Waals surface area contributed by atoms with Crippen LogP contribution in [0.3, 0.4) is 0 Å². The third kappa shape index (κ3) is 5.83. The Labute approximate surface area is 237 Å². The fourth-order valence-corrected chi connectivity index (χ4v) is 10.1. The van der Waals surface area contributed by atoms with Gasteiger partial charge in [0.05, 0.1) is 27.4 Å². The maximum atomic E-state index is 12.5. The molecule has 0 radical (unpaired) electrons. The highest BCUT2D eigenvalue weighted by Gasteiger charge is 2.54. The number of diazo groups is 1. The number of aliphatic hydroxyl groups excluding tert-OH is 1. The Bertz CT molecular complexity index is 1250. The van der Waals surface area contributed by atoms with E-state index in [1.54, 1.807) is 21.1 Å². The lowest BCUT2D eigenvalue weighted by molar-refractivity contribution is -0.138. The summed E-state index contributed by atoms with van der Waals surface area (Å²) >= 11 is 0. The van der Waals surface area contributed by atoms with E-state index >= 15 is 0 Å². The van der Waals surface area contributed by atoms with Crippen molar-refractivity contribution in [3.63, 3.8) is 0 Å². The van der Waals surface area contributed by atoms with Gasteiger partial charge in [0.2, 0.25) is 5.39 Å². The van der Waals surface area contributed by atoms with Gasteiger partial charge in [-0.15, -0.1) is 0 Å². The number of nitrogens with zero attached hydrogens (tertiary/aromatic N) is 2. The Balaban J connectivity index is 2.25. The van der Waals surface area contributed by atoms with Crippen LogP contribution in [0.2, 0.25) is 5.04 Å². The Kier molecular flexibility index (Phi) is 9.96. The van der Waals surface area contributed by atoms with Crippen molar-refractivity contribution < 1.29 is 28.5 Å². The van der Waals surface area contributed by atoms with Crippen molar-refractivity contribution in [1.82, 2.24) is 0 Å². The Hall–Kier alpha value is -3.87. The molecule has 1 aliphatic rings. The van der Waals surface area contributed by atoms with Crippen LogP contribution >= 0.6 is 0 Å². The summed E-state index contributed by atoms with van der Waals surface area (Å²) in [6, 6.07) is 20.4. The first-order valence-corrected chi connectivity index (χ1v) is 15.2. The van der Waals surface area contributed by atoms with E-state index in [-0.39, 0.29) is 24.7 Å². The largest absolute Gasteiger partial charge is 0.505 e. The van der Waals surface area contributed by atoms with E-state index < -0.39 is 31.2 Å². The fraction of sp³-hybridized carbons (Fsp3) is 0.387. The molecule has 212 valence electrons. The molecule has 9 heteroatoms. The predicted molar refractivity (Wildman–Crippen MR) is 157 cm³/mol. The SMILES string of the molecule is CCOC(=O)/C([N+]#N)=C(\O)CC1(CO[Si](c2ccccc2)(c2ccccc2)C(C)(C)C)C(OC)=CCC=C1OC. The summed E-state index contributed by atoms with van der Waals surface area (Å²) in [5.74, 6) is -0.387. The van der Waals surface area contributed by atoms with Crippen molar-refractivity contribution >= 4 is 24.7 Å². The lowest BCUT2D eigenvalue weighted by Crippen LogP contribution is -2.67. The summed E-state index contributed by atoms with van der Waals surface area (Å²) in [5.41, 5.74) is -1.75. The number of carbonyl (C=O) groups is 1. The molecule has 0 spiro atoms. The maximum Gasteiger partial charge on any atom is 0.505 e. The number of allylic oxidation sites excluding steroid dienone is 3. The number of ether oxygens (including phenoxy) is 3. The first-order chi connectivity index (χ1) is 19.1. The number of methoxy groups -OCH3 is 2. The number of benzene rings is 2. The second kappa shape index (κ2) is 13.0. The van der Waals surface area contributed by atoms with E-state index in [2.05, 4.69) is 50.0 Å². The molecule has 40 heavy (non-hydrogen) atoms. The highest BCUT2D eigenvalue weighted by molar-refractivity contribution is 6.99. The highest BCUT2D eigenvalue weighted by Crippen LogP contribution is 2.47. The number of hydrogen-bond donors (Lipinski definition) is 1. The maximum absolute atomic E-state index is 12.5. The molecule has 3 rings (SSSR count). The van der Waals surface area contributed by atoms with E-state index in [9.17, 15) is 15.3 Å². The molecule has 2 aromatic carbocycles. The van der Waals surface area contributed by atoms with Crippen LogP contribution in [0.4, 0.5) is 0 Å². The van der Waals surface area contributed by atoms with Crippen LogP contribution in [0.25, 0.3) is 4.98 Å². The van der Waals surface area contributed by atoms with Gasteiger partial charge in [0.1, 0.15) is 16.9 Å². The monoisotopic (exact) mass is 563 g/mol. The molecule has 0 saturated heterocycles. The summed E-state index contributed by atoms with van der Waals surface area (Å²) in [6.07, 6.45) is 4.14. The molecule has 0 aliphatic heterocycles. The Morgan fingerprint density at radius 1 is 0.975 bits per heavy atom. The topological polar surface area (TPSA) is 102 Å². The van der Waals surface area contributed by atoms with Crippen LogP contribution in [-0.2, 0) is 23.4 Å². The van der Waals surface area contributed by atoms with Gasteiger partial charge < -0.3 is 23.7 Å². The summed E-state index contributed by atoms with van der Waals surface area (Å²) in [4.78, 5) is 15.5. The van der Waals surface area contributed by atoms with Gasteiger partial charge in [0.25, 0.3) is 8.32 Å². The number of carbonyl (C=O) groups excluding carboxylic acids is 1. The quantitative estimate of drug-likeness (QED) is 0.125. The van der Waals surface area contributed by atoms with Gasteiger partial charge in [-0.05, 0) is 40.9 Å². The summed E-state index contributed by atoms with van der Waals surface area (Å²) < 4.78 is 24.0. The molecule has 0 atom stereocenters. The zero-order chi connectivity index (χ0) is 29.4. The third-order valence-electron chi connectivity index (χ3n) is 7.25. The number of hydrogen-bond acceptors (Lipinski definition) is 7. The zero-order valence-corrected chi connectivity index (χ0v) is 25.1. The number of esters is 1. The third-order valence-corrected chi connectivity index (χ3v) is 12.2. The smallest absolute Gasteiger partial charge is 0.505 e. The second-order valence-corrected chi connectivity index (χ2v) is 14.9. The molecule has 0 fully saturated rings. The zero-order valence-electron chi connectivity index (χ0n) is 24.1. The first-order valence-electron chi connectivity index (χ1n) is 13.3. The summed E-state index contributed by atoms with van der Waals surface area (Å²) in [6.45, 7) is 8.25. The molecule has 8 nitrogen and oxygen atoms in total. The van der Waals surface area contributed by atoms with E-state index in [4.69, 9.17) is 18.6 Å². The second-order valence-electron chi connectivity index (χ2n) is 10.6. The van der Waals surface area contributed by atoms with Crippen LogP contribution < -0.4 is 10.4 Å². The molecule has 0 bridgehead atoms. The number of rotatable bonds is 11. The first kappa shape index (κ1) is 30.7. The van der Waals surface area contributed by atoms with E-state index in [0.717, 1.165) is 10.4 Å². The van der Waals surface area contributed by atoms with Crippen LogP contribution in [0.5, 0.6) is 0 Å². The van der Waals surface area contributed by atoms with Gasteiger partial charge >= 0.3 is 11.7 Å². The molecule has 0 saturated carbocycles. The van der Waals surface area contributed by atoms with Gasteiger partial charge in [0, 0.05) is 6.42 Å². The molecule has 1 aliphatic carbocycles. The van der Waals surface area contributed by atoms with Gasteiger partial charge in [-0.1, -0.05) is 81.4 Å². The van der Waals surface area contributed by atoms with E-state index in [1.165, 1.54) is 0 Å². The predicted octanol–water partition coefficient (Wildman–Crippen LogP) is 5.59. The van der Waals surface area contributed by atoms with Crippen LogP contribution in [0.1, 0.15) is 40.5 Å². The minimum absolute atomic E-state index is 0.0468. The van der Waals surface area contributed by atoms with Gasteiger partial charge in [0.15, 0.2) is 10.7 Å².